The van der Waals surface area contributed by atoms with Gasteiger partial charge in [0.15, 0.2) is 11.5 Å². The Morgan fingerprint density at radius 3 is 2.55 bits per heavy atom. The molecule has 0 bridgehead atoms. The Morgan fingerprint density at radius 2 is 1.83 bits per heavy atom. The number of halogens is 3. The zero-order valence-electron chi connectivity index (χ0n) is 16.5. The monoisotopic (exact) mass is 541 g/mol. The van der Waals surface area contributed by atoms with E-state index in [1.807, 2.05) is 12.1 Å². The van der Waals surface area contributed by atoms with Crippen LogP contribution in [0.3, 0.4) is 0 Å². The van der Waals surface area contributed by atoms with Crippen LogP contribution in [-0.2, 0) is 13.2 Å². The molecule has 0 amide bonds. The molecule has 3 nitrogen and oxygen atoms in total. The molecule has 6 heteroatoms. The number of methoxy groups -OCH3 is 1. The Balaban J connectivity index is 1.75. The van der Waals surface area contributed by atoms with E-state index in [0.717, 1.165) is 20.4 Å². The molecule has 29 heavy (non-hydrogen) atoms. The number of ether oxygens (including phenoxy) is 2. The molecule has 0 spiro atoms. The molecule has 0 aliphatic carbocycles. The lowest BCUT2D eigenvalue weighted by Gasteiger charge is -2.16. The predicted octanol–water partition coefficient (Wildman–Crippen LogP) is 7.41. The Kier molecular flexibility index (Phi) is 7.55. The van der Waals surface area contributed by atoms with Crippen LogP contribution in [0, 0.1) is 17.4 Å². The van der Waals surface area contributed by atoms with Gasteiger partial charge in [-0.25, -0.2) is 0 Å². The second-order valence-electron chi connectivity index (χ2n) is 6.73. The average Bonchev–Trinajstić information content (AvgIpc) is 2.69. The maximum absolute atomic E-state index is 6.25. The Labute approximate surface area is 195 Å². The molecule has 0 unspecified atom stereocenters. The highest BCUT2D eigenvalue weighted by Gasteiger charge is 2.13. The van der Waals surface area contributed by atoms with Crippen LogP contribution >= 0.6 is 45.8 Å². The van der Waals surface area contributed by atoms with Crippen molar-refractivity contribution in [3.63, 3.8) is 0 Å². The molecule has 0 atom stereocenters. The fraction of sp³-hybridized carbons (Fsp3) is 0.217. The van der Waals surface area contributed by atoms with Crippen LogP contribution in [0.5, 0.6) is 11.5 Å². The lowest BCUT2D eigenvalue weighted by Crippen LogP contribution is -2.05. The van der Waals surface area contributed by atoms with Crippen LogP contribution in [0.2, 0.25) is 10.0 Å². The second kappa shape index (κ2) is 9.92. The smallest absolute Gasteiger partial charge is 0.174 e. The van der Waals surface area contributed by atoms with Crippen LogP contribution in [0.4, 0.5) is 5.69 Å². The summed E-state index contributed by atoms with van der Waals surface area (Å²) in [5.74, 6) is 1.40. The van der Waals surface area contributed by atoms with Crippen LogP contribution in [-0.4, -0.2) is 7.11 Å². The van der Waals surface area contributed by atoms with E-state index in [1.165, 1.54) is 11.1 Å². The third kappa shape index (κ3) is 5.50. The molecule has 0 fully saturated rings. The number of aryl methyl sites for hydroxylation is 1. The maximum Gasteiger partial charge on any atom is 0.174 e. The van der Waals surface area contributed by atoms with Crippen LogP contribution < -0.4 is 14.8 Å². The first kappa shape index (κ1) is 22.1. The van der Waals surface area contributed by atoms with Gasteiger partial charge in [0.2, 0.25) is 0 Å². The molecule has 0 aromatic heterocycles. The minimum Gasteiger partial charge on any atom is -0.493 e. The van der Waals surface area contributed by atoms with Gasteiger partial charge in [0.1, 0.15) is 6.61 Å². The standard InChI is InChI=1S/C23H22Cl2INO2/c1-14-5-4-6-21(15(14)2)27-12-16-9-20(26)23(22(10-16)28-3)29-13-17-7-8-18(24)11-19(17)25/h4-11,27H,12-13H2,1-3H3. The molecule has 3 aromatic rings. The van der Waals surface area contributed by atoms with E-state index in [1.54, 1.807) is 19.2 Å². The van der Waals surface area contributed by atoms with Crippen molar-refractivity contribution in [3.8, 4) is 11.5 Å². The molecule has 0 radical (unpaired) electrons. The molecular weight excluding hydrogens is 520 g/mol. The predicted molar refractivity (Wildman–Crippen MR) is 130 cm³/mol. The minimum atomic E-state index is 0.336. The van der Waals surface area contributed by atoms with Crippen molar-refractivity contribution >= 4 is 51.5 Å². The minimum absolute atomic E-state index is 0.336. The van der Waals surface area contributed by atoms with Crippen molar-refractivity contribution in [1.82, 2.24) is 0 Å². The van der Waals surface area contributed by atoms with E-state index in [4.69, 9.17) is 32.7 Å². The third-order valence-corrected chi connectivity index (χ3v) is 6.15. The molecule has 152 valence electrons. The van der Waals surface area contributed by atoms with Crippen molar-refractivity contribution in [2.45, 2.75) is 27.0 Å². The molecule has 0 saturated carbocycles. The largest absolute Gasteiger partial charge is 0.493 e. The summed E-state index contributed by atoms with van der Waals surface area (Å²) in [6, 6.07) is 15.8. The van der Waals surface area contributed by atoms with E-state index in [2.05, 4.69) is 66.0 Å². The molecule has 3 rings (SSSR count). The van der Waals surface area contributed by atoms with Gasteiger partial charge in [-0.3, -0.25) is 0 Å². The highest BCUT2D eigenvalue weighted by atomic mass is 127. The Bertz CT molecular complexity index is 1020. The SMILES string of the molecule is COc1cc(CNc2cccc(C)c2C)cc(I)c1OCc1ccc(Cl)cc1Cl. The van der Waals surface area contributed by atoms with Gasteiger partial charge in [0.25, 0.3) is 0 Å². The van der Waals surface area contributed by atoms with E-state index in [0.29, 0.717) is 34.7 Å². The molecule has 3 aromatic carbocycles. The summed E-state index contributed by atoms with van der Waals surface area (Å²) in [5, 5.41) is 4.70. The van der Waals surface area contributed by atoms with E-state index in [9.17, 15) is 0 Å². The molecule has 0 saturated heterocycles. The lowest BCUT2D eigenvalue weighted by molar-refractivity contribution is 0.282. The first-order valence-electron chi connectivity index (χ1n) is 9.12. The van der Waals surface area contributed by atoms with Gasteiger partial charge in [-0.15, -0.1) is 0 Å². The Hall–Kier alpha value is -1.63. The highest BCUT2D eigenvalue weighted by molar-refractivity contribution is 14.1. The lowest BCUT2D eigenvalue weighted by atomic mass is 10.1. The first-order valence-corrected chi connectivity index (χ1v) is 11.0. The van der Waals surface area contributed by atoms with E-state index >= 15 is 0 Å². The third-order valence-electron chi connectivity index (χ3n) is 4.76. The maximum atomic E-state index is 6.25. The Morgan fingerprint density at radius 1 is 1.03 bits per heavy atom. The number of hydrogen-bond acceptors (Lipinski definition) is 3. The summed E-state index contributed by atoms with van der Waals surface area (Å²) in [6.07, 6.45) is 0. The fourth-order valence-corrected chi connectivity index (χ4v) is 4.23. The molecule has 0 aliphatic rings. The summed E-state index contributed by atoms with van der Waals surface area (Å²) >= 11 is 14.5. The van der Waals surface area contributed by atoms with Gasteiger partial charge < -0.3 is 14.8 Å². The van der Waals surface area contributed by atoms with Crippen molar-refractivity contribution < 1.29 is 9.47 Å². The van der Waals surface area contributed by atoms with Gasteiger partial charge in [-0.2, -0.15) is 0 Å². The number of hydrogen-bond donors (Lipinski definition) is 1. The zero-order valence-corrected chi connectivity index (χ0v) is 20.2. The fourth-order valence-electron chi connectivity index (χ4n) is 2.94. The number of nitrogens with one attached hydrogen (secondary N) is 1. The second-order valence-corrected chi connectivity index (χ2v) is 8.74. The van der Waals surface area contributed by atoms with E-state index < -0.39 is 0 Å². The van der Waals surface area contributed by atoms with Crippen molar-refractivity contribution in [1.29, 1.82) is 0 Å². The summed E-state index contributed by atoms with van der Waals surface area (Å²) in [5.41, 5.74) is 5.65. The summed E-state index contributed by atoms with van der Waals surface area (Å²) in [4.78, 5) is 0. The first-order chi connectivity index (χ1) is 13.9. The average molecular weight is 542 g/mol. The topological polar surface area (TPSA) is 30.5 Å². The molecule has 0 aliphatic heterocycles. The highest BCUT2D eigenvalue weighted by Crippen LogP contribution is 2.35. The van der Waals surface area contributed by atoms with Crippen LogP contribution in [0.1, 0.15) is 22.3 Å². The molecule has 0 heterocycles. The normalized spacial score (nSPS) is 10.7. The molecular formula is C23H22Cl2INO2. The zero-order chi connectivity index (χ0) is 21.0. The van der Waals surface area contributed by atoms with Crippen molar-refractivity contribution in [3.05, 3.63) is 84.4 Å². The number of benzene rings is 3. The molecule has 1 N–H and O–H groups in total. The van der Waals surface area contributed by atoms with Crippen LogP contribution in [0.15, 0.2) is 48.5 Å². The summed E-state index contributed by atoms with van der Waals surface area (Å²) in [7, 11) is 1.65. The number of anilines is 1. The van der Waals surface area contributed by atoms with E-state index in [-0.39, 0.29) is 0 Å². The van der Waals surface area contributed by atoms with Gasteiger partial charge in [-0.05, 0) is 83.5 Å². The van der Waals surface area contributed by atoms with Gasteiger partial charge >= 0.3 is 0 Å². The number of rotatable bonds is 7. The summed E-state index contributed by atoms with van der Waals surface area (Å²) in [6.45, 7) is 5.27. The van der Waals surface area contributed by atoms with Gasteiger partial charge in [-0.1, -0.05) is 41.4 Å². The van der Waals surface area contributed by atoms with Crippen molar-refractivity contribution in [2.75, 3.05) is 12.4 Å². The summed E-state index contributed by atoms with van der Waals surface area (Å²) < 4.78 is 12.6. The van der Waals surface area contributed by atoms with Crippen LogP contribution in [0.25, 0.3) is 0 Å². The van der Waals surface area contributed by atoms with Crippen molar-refractivity contribution in [2.24, 2.45) is 0 Å². The van der Waals surface area contributed by atoms with Gasteiger partial charge in [0, 0.05) is 27.8 Å². The quantitative estimate of drug-likeness (QED) is 0.316. The van der Waals surface area contributed by atoms with Gasteiger partial charge in [0.05, 0.1) is 10.7 Å².